The van der Waals surface area contributed by atoms with Gasteiger partial charge in [0.1, 0.15) is 27.8 Å². The Bertz CT molecular complexity index is 1390. The summed E-state index contributed by atoms with van der Waals surface area (Å²) in [6.45, 7) is 0. The van der Waals surface area contributed by atoms with Crippen molar-refractivity contribution in [3.63, 3.8) is 0 Å². The number of hydrogen-bond acceptors (Lipinski definition) is 6. The molecule has 0 unspecified atom stereocenters. The molecule has 4 rings (SSSR count). The van der Waals surface area contributed by atoms with E-state index in [1.54, 1.807) is 37.7 Å². The van der Waals surface area contributed by atoms with Crippen molar-refractivity contribution < 1.29 is 17.5 Å². The Hall–Kier alpha value is -3.37. The first-order chi connectivity index (χ1) is 15.3. The molecule has 0 fully saturated rings. The van der Waals surface area contributed by atoms with Crippen molar-refractivity contribution in [3.8, 4) is 16.9 Å². The SMILES string of the molecule is COc1ccnc(CCc2nc3cc(-c4ccc(S(=O)(=O)N(C)C)c(F)c4)cnc3[nH]2)c1. The minimum atomic E-state index is -3.86. The lowest BCUT2D eigenvalue weighted by atomic mass is 10.1. The zero-order chi connectivity index (χ0) is 22.9. The van der Waals surface area contributed by atoms with Crippen LogP contribution in [0.2, 0.25) is 0 Å². The molecule has 0 radical (unpaired) electrons. The summed E-state index contributed by atoms with van der Waals surface area (Å²) in [5.41, 5.74) is 3.30. The molecule has 32 heavy (non-hydrogen) atoms. The normalized spacial score (nSPS) is 11.9. The minimum Gasteiger partial charge on any atom is -0.497 e. The van der Waals surface area contributed by atoms with E-state index in [2.05, 4.69) is 19.9 Å². The molecule has 166 valence electrons. The van der Waals surface area contributed by atoms with Crippen LogP contribution < -0.4 is 4.74 Å². The zero-order valence-corrected chi connectivity index (χ0v) is 18.6. The van der Waals surface area contributed by atoms with Crippen LogP contribution in [0, 0.1) is 5.82 Å². The number of aromatic amines is 1. The summed E-state index contributed by atoms with van der Waals surface area (Å²) in [5, 5.41) is 0. The van der Waals surface area contributed by atoms with Gasteiger partial charge in [-0.3, -0.25) is 4.98 Å². The van der Waals surface area contributed by atoms with Gasteiger partial charge in [0.15, 0.2) is 5.65 Å². The van der Waals surface area contributed by atoms with E-state index >= 15 is 0 Å². The smallest absolute Gasteiger partial charge is 0.245 e. The lowest BCUT2D eigenvalue weighted by Gasteiger charge is -2.12. The number of H-pyrrole nitrogens is 1. The summed E-state index contributed by atoms with van der Waals surface area (Å²) in [6.07, 6.45) is 4.62. The summed E-state index contributed by atoms with van der Waals surface area (Å²) in [7, 11) is 0.476. The van der Waals surface area contributed by atoms with E-state index < -0.39 is 15.8 Å². The third-order valence-corrected chi connectivity index (χ3v) is 6.90. The molecule has 0 atom stereocenters. The van der Waals surface area contributed by atoms with E-state index in [4.69, 9.17) is 4.74 Å². The topological polar surface area (TPSA) is 101 Å². The van der Waals surface area contributed by atoms with E-state index in [1.165, 1.54) is 26.2 Å². The number of nitrogens with zero attached hydrogens (tertiary/aromatic N) is 4. The Labute approximate surface area is 185 Å². The fraction of sp³-hybridized carbons (Fsp3) is 0.227. The van der Waals surface area contributed by atoms with Crippen LogP contribution in [0.15, 0.2) is 53.7 Å². The molecule has 3 aromatic heterocycles. The standard InChI is InChI=1S/C22H22FN5O3S/c1-28(2)32(29,30)20-6-4-14(10-18(20)23)15-11-19-22(25-13-15)27-21(26-19)7-5-16-12-17(31-3)8-9-24-16/h4,6,8-13H,5,7H2,1-3H3,(H,25,26,27). The van der Waals surface area contributed by atoms with Crippen molar-refractivity contribution in [1.29, 1.82) is 0 Å². The molecule has 0 bridgehead atoms. The number of benzene rings is 1. The summed E-state index contributed by atoms with van der Waals surface area (Å²) in [6, 6.07) is 9.49. The molecule has 4 aromatic rings. The predicted octanol–water partition coefficient (Wildman–Crippen LogP) is 3.20. The largest absolute Gasteiger partial charge is 0.497 e. The number of halogens is 1. The van der Waals surface area contributed by atoms with Gasteiger partial charge in [0.05, 0.1) is 7.11 Å². The van der Waals surface area contributed by atoms with Gasteiger partial charge in [0.25, 0.3) is 0 Å². The second-order valence-electron chi connectivity index (χ2n) is 7.39. The van der Waals surface area contributed by atoms with Gasteiger partial charge in [-0.25, -0.2) is 27.1 Å². The molecular formula is C22H22FN5O3S. The van der Waals surface area contributed by atoms with Crippen LogP contribution >= 0.6 is 0 Å². The first-order valence-electron chi connectivity index (χ1n) is 9.84. The lowest BCUT2D eigenvalue weighted by Crippen LogP contribution is -2.23. The number of ether oxygens (including phenoxy) is 1. The molecule has 1 aromatic carbocycles. The number of rotatable bonds is 7. The maximum absolute atomic E-state index is 14.6. The molecule has 0 aliphatic heterocycles. The Morgan fingerprint density at radius 2 is 1.88 bits per heavy atom. The number of fused-ring (bicyclic) bond motifs is 1. The van der Waals surface area contributed by atoms with Crippen LogP contribution in [-0.4, -0.2) is 53.9 Å². The Kier molecular flexibility index (Phi) is 5.90. The summed E-state index contributed by atoms with van der Waals surface area (Å²) in [4.78, 5) is 16.1. The van der Waals surface area contributed by atoms with Gasteiger partial charge in [0, 0.05) is 50.2 Å². The van der Waals surface area contributed by atoms with E-state index in [9.17, 15) is 12.8 Å². The second kappa shape index (κ2) is 8.64. The van der Waals surface area contributed by atoms with Gasteiger partial charge in [-0.2, -0.15) is 0 Å². The molecule has 10 heteroatoms. The van der Waals surface area contributed by atoms with Crippen LogP contribution in [0.3, 0.4) is 0 Å². The van der Waals surface area contributed by atoms with Crippen LogP contribution in [-0.2, 0) is 22.9 Å². The number of sulfonamides is 1. The summed E-state index contributed by atoms with van der Waals surface area (Å²) < 4.78 is 45.2. The van der Waals surface area contributed by atoms with E-state index in [-0.39, 0.29) is 4.90 Å². The number of imidazole rings is 1. The molecule has 0 aliphatic rings. The number of methoxy groups -OCH3 is 1. The molecule has 0 saturated heterocycles. The van der Waals surface area contributed by atoms with Crippen LogP contribution in [0.5, 0.6) is 5.75 Å². The maximum Gasteiger partial charge on any atom is 0.245 e. The van der Waals surface area contributed by atoms with Gasteiger partial charge >= 0.3 is 0 Å². The third-order valence-electron chi connectivity index (χ3n) is 5.05. The van der Waals surface area contributed by atoms with E-state index in [0.29, 0.717) is 35.1 Å². The lowest BCUT2D eigenvalue weighted by molar-refractivity contribution is 0.413. The molecule has 8 nitrogen and oxygen atoms in total. The van der Waals surface area contributed by atoms with Crippen molar-refractivity contribution in [1.82, 2.24) is 24.2 Å². The first kappa shape index (κ1) is 21.8. The highest BCUT2D eigenvalue weighted by Gasteiger charge is 2.22. The molecule has 0 aliphatic carbocycles. The number of aromatic nitrogens is 4. The average molecular weight is 456 g/mol. The average Bonchev–Trinajstić information content (AvgIpc) is 3.19. The highest BCUT2D eigenvalue weighted by molar-refractivity contribution is 7.89. The Balaban J connectivity index is 1.57. The van der Waals surface area contributed by atoms with Crippen LogP contribution in [0.4, 0.5) is 4.39 Å². The van der Waals surface area contributed by atoms with E-state index in [1.807, 2.05) is 6.07 Å². The third kappa shape index (κ3) is 4.32. The van der Waals surface area contributed by atoms with E-state index in [0.717, 1.165) is 21.6 Å². The summed E-state index contributed by atoms with van der Waals surface area (Å²) in [5.74, 6) is 0.695. The summed E-state index contributed by atoms with van der Waals surface area (Å²) >= 11 is 0. The minimum absolute atomic E-state index is 0.367. The van der Waals surface area contributed by atoms with Gasteiger partial charge in [-0.15, -0.1) is 0 Å². The number of hydrogen-bond donors (Lipinski definition) is 1. The van der Waals surface area contributed by atoms with Crippen molar-refractivity contribution in [2.24, 2.45) is 0 Å². The number of aryl methyl sites for hydroxylation is 2. The van der Waals surface area contributed by atoms with Crippen molar-refractivity contribution >= 4 is 21.2 Å². The van der Waals surface area contributed by atoms with Gasteiger partial charge < -0.3 is 9.72 Å². The van der Waals surface area contributed by atoms with Gasteiger partial charge in [-0.1, -0.05) is 6.07 Å². The first-order valence-corrected chi connectivity index (χ1v) is 11.3. The van der Waals surface area contributed by atoms with Crippen molar-refractivity contribution in [3.05, 3.63) is 66.1 Å². The highest BCUT2D eigenvalue weighted by Crippen LogP contribution is 2.26. The molecular weight excluding hydrogens is 433 g/mol. The molecule has 0 amide bonds. The number of pyridine rings is 2. The van der Waals surface area contributed by atoms with Crippen molar-refractivity contribution in [2.45, 2.75) is 17.7 Å². The number of nitrogens with one attached hydrogen (secondary N) is 1. The fourth-order valence-corrected chi connectivity index (χ4v) is 4.21. The quantitative estimate of drug-likeness (QED) is 0.459. The monoisotopic (exact) mass is 455 g/mol. The highest BCUT2D eigenvalue weighted by atomic mass is 32.2. The Morgan fingerprint density at radius 1 is 1.06 bits per heavy atom. The van der Waals surface area contributed by atoms with Crippen LogP contribution in [0.25, 0.3) is 22.3 Å². The molecule has 0 saturated carbocycles. The van der Waals surface area contributed by atoms with Crippen molar-refractivity contribution in [2.75, 3.05) is 21.2 Å². The van der Waals surface area contributed by atoms with Gasteiger partial charge in [0.2, 0.25) is 10.0 Å². The Morgan fingerprint density at radius 3 is 2.59 bits per heavy atom. The second-order valence-corrected chi connectivity index (χ2v) is 9.52. The fourth-order valence-electron chi connectivity index (χ4n) is 3.27. The van der Waals surface area contributed by atoms with Gasteiger partial charge in [-0.05, 0) is 36.2 Å². The van der Waals surface area contributed by atoms with Crippen LogP contribution in [0.1, 0.15) is 11.5 Å². The molecule has 3 heterocycles. The predicted molar refractivity (Wildman–Crippen MR) is 118 cm³/mol. The maximum atomic E-state index is 14.6. The zero-order valence-electron chi connectivity index (χ0n) is 17.8. The molecule has 0 spiro atoms. The molecule has 1 N–H and O–H groups in total.